The lowest BCUT2D eigenvalue weighted by Crippen LogP contribution is -2.12. The highest BCUT2D eigenvalue weighted by molar-refractivity contribution is 7.84. The summed E-state index contributed by atoms with van der Waals surface area (Å²) in [6.45, 7) is 0. The van der Waals surface area contributed by atoms with Crippen LogP contribution < -0.4 is 0 Å². The van der Waals surface area contributed by atoms with E-state index < -0.39 is 10.8 Å². The normalized spacial score (nSPS) is 14.7. The fraction of sp³-hybridized carbons (Fsp3) is 0.308. The fourth-order valence-corrected chi connectivity index (χ4v) is 2.59. The minimum Gasteiger partial charge on any atom is -0.374 e. The molecule has 1 heterocycles. The molecular formula is C13H15NO2S. The molecule has 17 heavy (non-hydrogen) atoms. The zero-order valence-corrected chi connectivity index (χ0v) is 10.7. The van der Waals surface area contributed by atoms with E-state index >= 15 is 0 Å². The molecule has 90 valence electrons. The van der Waals surface area contributed by atoms with Crippen LogP contribution in [0.3, 0.4) is 0 Å². The topological polar surface area (TPSA) is 39.2 Å². The minimum atomic E-state index is -0.904. The van der Waals surface area contributed by atoms with Crippen LogP contribution in [0.5, 0.6) is 0 Å². The number of rotatable bonds is 4. The Morgan fingerprint density at radius 1 is 1.35 bits per heavy atom. The van der Waals surface area contributed by atoms with Crippen LogP contribution in [0.25, 0.3) is 10.8 Å². The number of aromatic nitrogens is 1. The van der Waals surface area contributed by atoms with Crippen molar-refractivity contribution in [3.63, 3.8) is 0 Å². The van der Waals surface area contributed by atoms with E-state index in [1.807, 2.05) is 30.3 Å². The van der Waals surface area contributed by atoms with Gasteiger partial charge in [-0.3, -0.25) is 9.19 Å². The van der Waals surface area contributed by atoms with Gasteiger partial charge in [-0.25, -0.2) is 0 Å². The lowest BCUT2D eigenvalue weighted by atomic mass is 10.1. The van der Waals surface area contributed by atoms with Crippen molar-refractivity contribution in [2.45, 2.75) is 6.10 Å². The van der Waals surface area contributed by atoms with Crippen LogP contribution in [0.15, 0.2) is 36.5 Å². The molecule has 0 aliphatic rings. The molecule has 0 aliphatic heterocycles. The first-order valence-electron chi connectivity index (χ1n) is 5.39. The molecule has 0 radical (unpaired) electrons. The van der Waals surface area contributed by atoms with Crippen molar-refractivity contribution < 1.29 is 8.95 Å². The van der Waals surface area contributed by atoms with E-state index in [2.05, 4.69) is 4.98 Å². The second kappa shape index (κ2) is 5.38. The highest BCUT2D eigenvalue weighted by Crippen LogP contribution is 2.24. The molecule has 2 atom stereocenters. The molecule has 0 unspecified atom stereocenters. The van der Waals surface area contributed by atoms with Crippen molar-refractivity contribution in [3.8, 4) is 0 Å². The van der Waals surface area contributed by atoms with Gasteiger partial charge in [0.05, 0.1) is 11.4 Å². The molecule has 0 fully saturated rings. The summed E-state index contributed by atoms with van der Waals surface area (Å²) >= 11 is 0. The first-order chi connectivity index (χ1) is 8.22. The summed E-state index contributed by atoms with van der Waals surface area (Å²) in [7, 11) is 0.722. The van der Waals surface area contributed by atoms with Gasteiger partial charge in [-0.05, 0) is 11.5 Å². The molecule has 0 saturated heterocycles. The lowest BCUT2D eigenvalue weighted by Gasteiger charge is -2.15. The first kappa shape index (κ1) is 12.2. The summed E-state index contributed by atoms with van der Waals surface area (Å²) in [4.78, 5) is 4.37. The SMILES string of the molecule is CO[C@H](C[S@](C)=O)c1nccc2ccccc12. The number of benzene rings is 1. The maximum absolute atomic E-state index is 11.3. The number of methoxy groups -OCH3 is 1. The zero-order valence-electron chi connectivity index (χ0n) is 9.92. The molecule has 2 rings (SSSR count). The Bertz CT molecular complexity index is 536. The third kappa shape index (κ3) is 2.70. The number of hydrogen-bond donors (Lipinski definition) is 0. The lowest BCUT2D eigenvalue weighted by molar-refractivity contribution is 0.120. The van der Waals surface area contributed by atoms with Gasteiger partial charge in [0, 0.05) is 35.7 Å². The van der Waals surface area contributed by atoms with Gasteiger partial charge in [-0.2, -0.15) is 0 Å². The second-order valence-corrected chi connectivity index (χ2v) is 5.36. The van der Waals surface area contributed by atoms with E-state index in [-0.39, 0.29) is 6.10 Å². The van der Waals surface area contributed by atoms with Gasteiger partial charge in [-0.15, -0.1) is 0 Å². The van der Waals surface area contributed by atoms with Crippen LogP contribution in [0.4, 0.5) is 0 Å². The quantitative estimate of drug-likeness (QED) is 0.834. The van der Waals surface area contributed by atoms with Crippen LogP contribution in [0.2, 0.25) is 0 Å². The molecule has 0 saturated carbocycles. The predicted molar refractivity (Wildman–Crippen MR) is 70.4 cm³/mol. The predicted octanol–water partition coefficient (Wildman–Crippen LogP) is 2.30. The average molecular weight is 249 g/mol. The smallest absolute Gasteiger partial charge is 0.111 e. The van der Waals surface area contributed by atoms with Gasteiger partial charge in [0.25, 0.3) is 0 Å². The van der Waals surface area contributed by atoms with Crippen LogP contribution in [0.1, 0.15) is 11.8 Å². The van der Waals surface area contributed by atoms with Crippen molar-refractivity contribution in [1.29, 1.82) is 0 Å². The second-order valence-electron chi connectivity index (χ2n) is 3.88. The molecule has 0 N–H and O–H groups in total. The molecule has 4 heteroatoms. The Morgan fingerprint density at radius 2 is 2.12 bits per heavy atom. The van der Waals surface area contributed by atoms with E-state index in [1.54, 1.807) is 19.6 Å². The maximum atomic E-state index is 11.3. The number of ether oxygens (including phenoxy) is 1. The Labute approximate surface area is 103 Å². The molecule has 2 aromatic rings. The molecular weight excluding hydrogens is 234 g/mol. The fourth-order valence-electron chi connectivity index (χ4n) is 1.87. The highest BCUT2D eigenvalue weighted by Gasteiger charge is 2.16. The molecule has 0 bridgehead atoms. The number of fused-ring (bicyclic) bond motifs is 1. The monoisotopic (exact) mass is 249 g/mol. The Hall–Kier alpha value is -1.26. The van der Waals surface area contributed by atoms with Gasteiger partial charge in [0.15, 0.2) is 0 Å². The van der Waals surface area contributed by atoms with Crippen LogP contribution >= 0.6 is 0 Å². The van der Waals surface area contributed by atoms with Crippen molar-refractivity contribution in [2.75, 3.05) is 19.1 Å². The van der Waals surface area contributed by atoms with E-state index in [4.69, 9.17) is 4.74 Å². The average Bonchev–Trinajstić information content (AvgIpc) is 2.35. The highest BCUT2D eigenvalue weighted by atomic mass is 32.2. The van der Waals surface area contributed by atoms with E-state index in [1.165, 1.54) is 0 Å². The number of hydrogen-bond acceptors (Lipinski definition) is 3. The maximum Gasteiger partial charge on any atom is 0.111 e. The van der Waals surface area contributed by atoms with Crippen molar-refractivity contribution in [3.05, 3.63) is 42.2 Å². The number of nitrogens with zero attached hydrogens (tertiary/aromatic N) is 1. The summed E-state index contributed by atoms with van der Waals surface area (Å²) in [6.07, 6.45) is 3.23. The Balaban J connectivity index is 2.49. The standard InChI is InChI=1S/C13H15NO2S/c1-16-12(9-17(2)15)13-11-6-4-3-5-10(11)7-8-14-13/h3-8,12H,9H2,1-2H3/t12-,17+/m1/s1. The van der Waals surface area contributed by atoms with Gasteiger partial charge >= 0.3 is 0 Å². The van der Waals surface area contributed by atoms with Crippen LogP contribution in [-0.2, 0) is 15.5 Å². The van der Waals surface area contributed by atoms with E-state index in [0.29, 0.717) is 5.75 Å². The Morgan fingerprint density at radius 3 is 2.82 bits per heavy atom. The van der Waals surface area contributed by atoms with Crippen molar-refractivity contribution in [2.24, 2.45) is 0 Å². The molecule has 0 spiro atoms. The summed E-state index contributed by atoms with van der Waals surface area (Å²) < 4.78 is 16.7. The largest absolute Gasteiger partial charge is 0.374 e. The third-order valence-electron chi connectivity index (χ3n) is 2.68. The van der Waals surface area contributed by atoms with Gasteiger partial charge in [0.1, 0.15) is 6.10 Å². The van der Waals surface area contributed by atoms with Crippen molar-refractivity contribution >= 4 is 21.6 Å². The van der Waals surface area contributed by atoms with Crippen LogP contribution in [-0.4, -0.2) is 28.3 Å². The van der Waals surface area contributed by atoms with Crippen molar-refractivity contribution in [1.82, 2.24) is 4.98 Å². The molecule has 1 aromatic heterocycles. The first-order valence-corrected chi connectivity index (χ1v) is 7.11. The summed E-state index contributed by atoms with van der Waals surface area (Å²) in [6, 6.07) is 9.99. The number of pyridine rings is 1. The molecule has 0 amide bonds. The van der Waals surface area contributed by atoms with E-state index in [9.17, 15) is 4.21 Å². The van der Waals surface area contributed by atoms with Gasteiger partial charge in [-0.1, -0.05) is 24.3 Å². The summed E-state index contributed by atoms with van der Waals surface area (Å²) in [5.74, 6) is 0.470. The summed E-state index contributed by atoms with van der Waals surface area (Å²) in [5, 5.41) is 2.19. The Kier molecular flexibility index (Phi) is 3.86. The van der Waals surface area contributed by atoms with Gasteiger partial charge in [0.2, 0.25) is 0 Å². The summed E-state index contributed by atoms with van der Waals surface area (Å²) in [5.41, 5.74) is 0.862. The zero-order chi connectivity index (χ0) is 12.3. The van der Waals surface area contributed by atoms with E-state index in [0.717, 1.165) is 16.5 Å². The minimum absolute atomic E-state index is 0.216. The molecule has 0 aliphatic carbocycles. The molecule has 3 nitrogen and oxygen atoms in total. The van der Waals surface area contributed by atoms with Gasteiger partial charge < -0.3 is 4.74 Å². The third-order valence-corrected chi connectivity index (χ3v) is 3.45. The van der Waals surface area contributed by atoms with Crippen LogP contribution in [0, 0.1) is 0 Å². The molecule has 1 aromatic carbocycles.